The van der Waals surface area contributed by atoms with E-state index in [9.17, 15) is 0 Å². The summed E-state index contributed by atoms with van der Waals surface area (Å²) < 4.78 is 3.56. The number of aryl methyl sites for hydroxylation is 1. The molecule has 0 unspecified atom stereocenters. The summed E-state index contributed by atoms with van der Waals surface area (Å²) in [5.41, 5.74) is 1.04. The standard InChI is InChI=1S/C11H17N5/c1-3-6-12-9-10-4-8-16(13-10)11-5-7-15(2)14-11/h4-5,7-8,12H,3,6,9H2,1-2H3. The average molecular weight is 219 g/mol. The Morgan fingerprint density at radius 2 is 2.12 bits per heavy atom. The van der Waals surface area contributed by atoms with Crippen molar-refractivity contribution in [1.29, 1.82) is 0 Å². The summed E-state index contributed by atoms with van der Waals surface area (Å²) in [5.74, 6) is 0.851. The number of hydrogen-bond acceptors (Lipinski definition) is 3. The van der Waals surface area contributed by atoms with E-state index in [1.807, 2.05) is 31.6 Å². The summed E-state index contributed by atoms with van der Waals surface area (Å²) in [6, 6.07) is 3.95. The van der Waals surface area contributed by atoms with Crippen LogP contribution in [0.2, 0.25) is 0 Å². The van der Waals surface area contributed by atoms with Crippen LogP contribution < -0.4 is 5.32 Å². The van der Waals surface area contributed by atoms with Crippen molar-refractivity contribution in [2.45, 2.75) is 19.9 Å². The molecule has 0 saturated heterocycles. The van der Waals surface area contributed by atoms with E-state index in [4.69, 9.17) is 0 Å². The van der Waals surface area contributed by atoms with Crippen LogP contribution in [-0.2, 0) is 13.6 Å². The molecular formula is C11H17N5. The minimum absolute atomic E-state index is 0.813. The number of nitrogens with zero attached hydrogens (tertiary/aromatic N) is 4. The largest absolute Gasteiger partial charge is 0.311 e. The summed E-state index contributed by atoms with van der Waals surface area (Å²) in [7, 11) is 1.90. The molecule has 0 fully saturated rings. The first-order valence-corrected chi connectivity index (χ1v) is 5.55. The van der Waals surface area contributed by atoms with Gasteiger partial charge in [0.05, 0.1) is 5.69 Å². The molecule has 0 aromatic carbocycles. The zero-order valence-electron chi connectivity index (χ0n) is 9.72. The van der Waals surface area contributed by atoms with Gasteiger partial charge in [-0.15, -0.1) is 0 Å². The van der Waals surface area contributed by atoms with Gasteiger partial charge in [0.1, 0.15) is 0 Å². The van der Waals surface area contributed by atoms with Crippen LogP contribution in [0, 0.1) is 0 Å². The molecular weight excluding hydrogens is 202 g/mol. The molecule has 16 heavy (non-hydrogen) atoms. The Bertz CT molecular complexity index is 443. The predicted molar refractivity (Wildman–Crippen MR) is 62.3 cm³/mol. The number of nitrogens with one attached hydrogen (secondary N) is 1. The average Bonchev–Trinajstić information content (AvgIpc) is 2.87. The molecule has 0 bridgehead atoms. The normalized spacial score (nSPS) is 10.9. The molecule has 86 valence electrons. The van der Waals surface area contributed by atoms with Gasteiger partial charge in [-0.1, -0.05) is 6.92 Å². The zero-order valence-corrected chi connectivity index (χ0v) is 9.72. The fraction of sp³-hybridized carbons (Fsp3) is 0.455. The molecule has 0 saturated carbocycles. The summed E-state index contributed by atoms with van der Waals surface area (Å²) in [5, 5.41) is 12.1. The van der Waals surface area contributed by atoms with Crippen molar-refractivity contribution in [2.24, 2.45) is 7.05 Å². The lowest BCUT2D eigenvalue weighted by Crippen LogP contribution is -2.14. The fourth-order valence-corrected chi connectivity index (χ4v) is 1.50. The number of hydrogen-bond donors (Lipinski definition) is 1. The highest BCUT2D eigenvalue weighted by Crippen LogP contribution is 2.03. The van der Waals surface area contributed by atoms with E-state index in [1.165, 1.54) is 0 Å². The van der Waals surface area contributed by atoms with Crippen LogP contribution in [0.1, 0.15) is 19.0 Å². The minimum Gasteiger partial charge on any atom is -0.311 e. The molecule has 1 N–H and O–H groups in total. The highest BCUT2D eigenvalue weighted by molar-refractivity contribution is 5.19. The lowest BCUT2D eigenvalue weighted by Gasteiger charge is -1.98. The van der Waals surface area contributed by atoms with Crippen LogP contribution in [0.3, 0.4) is 0 Å². The van der Waals surface area contributed by atoms with Crippen molar-refractivity contribution in [3.63, 3.8) is 0 Å². The summed E-state index contributed by atoms with van der Waals surface area (Å²) >= 11 is 0. The van der Waals surface area contributed by atoms with Crippen molar-refractivity contribution in [3.05, 3.63) is 30.2 Å². The van der Waals surface area contributed by atoms with Crippen molar-refractivity contribution in [2.75, 3.05) is 6.54 Å². The first-order chi connectivity index (χ1) is 7.79. The maximum Gasteiger partial charge on any atom is 0.174 e. The van der Waals surface area contributed by atoms with Crippen LogP contribution in [0.25, 0.3) is 5.82 Å². The molecule has 0 spiro atoms. The molecule has 0 atom stereocenters. The summed E-state index contributed by atoms with van der Waals surface area (Å²) in [4.78, 5) is 0. The smallest absolute Gasteiger partial charge is 0.174 e. The molecule has 2 aromatic rings. The second kappa shape index (κ2) is 4.94. The summed E-state index contributed by atoms with van der Waals surface area (Å²) in [6.45, 7) is 3.99. The van der Waals surface area contributed by atoms with E-state index in [-0.39, 0.29) is 0 Å². The Labute approximate surface area is 95.1 Å². The molecule has 0 radical (unpaired) electrons. The highest BCUT2D eigenvalue weighted by Gasteiger charge is 2.02. The molecule has 0 aliphatic carbocycles. The Balaban J connectivity index is 2.02. The first kappa shape index (κ1) is 10.9. The van der Waals surface area contributed by atoms with Crippen molar-refractivity contribution >= 4 is 0 Å². The van der Waals surface area contributed by atoms with Gasteiger partial charge in [-0.25, -0.2) is 4.68 Å². The van der Waals surface area contributed by atoms with Crippen LogP contribution in [0.4, 0.5) is 0 Å². The van der Waals surface area contributed by atoms with Gasteiger partial charge in [0, 0.05) is 32.1 Å². The Morgan fingerprint density at radius 3 is 2.81 bits per heavy atom. The lowest BCUT2D eigenvalue weighted by atomic mass is 10.4. The Morgan fingerprint density at radius 1 is 1.25 bits per heavy atom. The molecule has 0 aliphatic heterocycles. The van der Waals surface area contributed by atoms with Gasteiger partial charge in [-0.2, -0.15) is 10.2 Å². The lowest BCUT2D eigenvalue weighted by molar-refractivity contribution is 0.652. The van der Waals surface area contributed by atoms with Crippen molar-refractivity contribution in [3.8, 4) is 5.82 Å². The second-order valence-corrected chi connectivity index (χ2v) is 3.78. The van der Waals surface area contributed by atoms with E-state index < -0.39 is 0 Å². The third kappa shape index (κ3) is 2.49. The zero-order chi connectivity index (χ0) is 11.4. The quantitative estimate of drug-likeness (QED) is 0.766. The fourth-order valence-electron chi connectivity index (χ4n) is 1.50. The van der Waals surface area contributed by atoms with Crippen LogP contribution in [0.5, 0.6) is 0 Å². The molecule has 5 heteroatoms. The van der Waals surface area contributed by atoms with E-state index in [1.54, 1.807) is 9.36 Å². The monoisotopic (exact) mass is 219 g/mol. The van der Waals surface area contributed by atoms with Crippen LogP contribution >= 0.6 is 0 Å². The van der Waals surface area contributed by atoms with Crippen molar-refractivity contribution < 1.29 is 0 Å². The Hall–Kier alpha value is -1.62. The molecule has 2 rings (SSSR count). The minimum atomic E-state index is 0.813. The van der Waals surface area contributed by atoms with Gasteiger partial charge in [-0.05, 0) is 19.0 Å². The molecule has 0 amide bonds. The van der Waals surface area contributed by atoms with E-state index in [2.05, 4.69) is 22.4 Å². The van der Waals surface area contributed by atoms with Crippen LogP contribution in [-0.4, -0.2) is 26.1 Å². The van der Waals surface area contributed by atoms with Gasteiger partial charge >= 0.3 is 0 Å². The summed E-state index contributed by atoms with van der Waals surface area (Å²) in [6.07, 6.45) is 4.98. The SMILES string of the molecule is CCCNCc1ccn(-c2ccn(C)n2)n1. The van der Waals surface area contributed by atoms with E-state index >= 15 is 0 Å². The maximum atomic E-state index is 4.44. The molecule has 2 aromatic heterocycles. The highest BCUT2D eigenvalue weighted by atomic mass is 15.4. The van der Waals surface area contributed by atoms with Gasteiger partial charge in [0.2, 0.25) is 0 Å². The van der Waals surface area contributed by atoms with Gasteiger partial charge in [-0.3, -0.25) is 4.68 Å². The Kier molecular flexibility index (Phi) is 3.36. The predicted octanol–water partition coefficient (Wildman–Crippen LogP) is 1.11. The third-order valence-electron chi connectivity index (χ3n) is 2.31. The number of rotatable bonds is 5. The second-order valence-electron chi connectivity index (χ2n) is 3.78. The molecule has 2 heterocycles. The van der Waals surface area contributed by atoms with Crippen LogP contribution in [0.15, 0.2) is 24.5 Å². The third-order valence-corrected chi connectivity index (χ3v) is 2.31. The van der Waals surface area contributed by atoms with Gasteiger partial charge in [0.15, 0.2) is 5.82 Å². The number of aromatic nitrogens is 4. The van der Waals surface area contributed by atoms with Gasteiger partial charge < -0.3 is 5.32 Å². The first-order valence-electron chi connectivity index (χ1n) is 5.55. The molecule has 5 nitrogen and oxygen atoms in total. The van der Waals surface area contributed by atoms with Crippen molar-refractivity contribution in [1.82, 2.24) is 24.9 Å². The topological polar surface area (TPSA) is 47.7 Å². The van der Waals surface area contributed by atoms with E-state index in [0.29, 0.717) is 0 Å². The molecule has 0 aliphatic rings. The van der Waals surface area contributed by atoms with E-state index in [0.717, 1.165) is 31.0 Å². The van der Waals surface area contributed by atoms with Gasteiger partial charge in [0.25, 0.3) is 0 Å². The maximum absolute atomic E-state index is 4.44.